The number of benzene rings is 1. The summed E-state index contributed by atoms with van der Waals surface area (Å²) in [6, 6.07) is 5.55. The summed E-state index contributed by atoms with van der Waals surface area (Å²) in [5, 5.41) is 0. The summed E-state index contributed by atoms with van der Waals surface area (Å²) in [6.45, 7) is 5.18. The zero-order valence-corrected chi connectivity index (χ0v) is 14.9. The summed E-state index contributed by atoms with van der Waals surface area (Å²) in [6.07, 6.45) is 1.20. The molecule has 1 heterocycles. The molecule has 2 aromatic rings. The molecule has 0 saturated carbocycles. The van der Waals surface area contributed by atoms with Crippen LogP contribution in [0.3, 0.4) is 0 Å². The summed E-state index contributed by atoms with van der Waals surface area (Å²) in [5.74, 6) is -3.11. The number of carbonyl (C=O) groups is 3. The Labute approximate surface area is 149 Å². The number of aromatic nitrogens is 2. The van der Waals surface area contributed by atoms with Crippen molar-refractivity contribution < 1.29 is 23.9 Å². The van der Waals surface area contributed by atoms with Crippen LogP contribution in [0.4, 0.5) is 0 Å². The quantitative estimate of drug-likeness (QED) is 0.212. The van der Waals surface area contributed by atoms with Gasteiger partial charge in [0.2, 0.25) is 0 Å². The first-order valence-corrected chi connectivity index (χ1v) is 8.11. The molecule has 0 amide bonds. The van der Waals surface area contributed by atoms with Crippen LogP contribution in [0.2, 0.25) is 0 Å². The highest BCUT2D eigenvalue weighted by atomic mass is 32.1. The zero-order chi connectivity index (χ0) is 18.6. The molecule has 0 atom stereocenters. The SMILES string of the molecule is CCOC(=O)C(=O)/C(=C/n1c(=S)[nH]c2cc(C)ccc21)C(=O)OCC. The zero-order valence-electron chi connectivity index (χ0n) is 14.1. The van der Waals surface area contributed by atoms with Crippen molar-refractivity contribution in [1.82, 2.24) is 9.55 Å². The van der Waals surface area contributed by atoms with E-state index in [4.69, 9.17) is 17.0 Å². The second kappa shape index (κ2) is 7.89. The highest BCUT2D eigenvalue weighted by molar-refractivity contribution is 7.71. The van der Waals surface area contributed by atoms with E-state index in [1.165, 1.54) is 10.8 Å². The van der Waals surface area contributed by atoms with Crippen LogP contribution >= 0.6 is 12.2 Å². The number of hydrogen-bond donors (Lipinski definition) is 1. The van der Waals surface area contributed by atoms with Crippen LogP contribution in [0.5, 0.6) is 0 Å². The summed E-state index contributed by atoms with van der Waals surface area (Å²) in [5.41, 5.74) is 1.98. The average molecular weight is 362 g/mol. The average Bonchev–Trinajstić information content (AvgIpc) is 2.86. The van der Waals surface area contributed by atoms with Crippen LogP contribution in [0, 0.1) is 11.7 Å². The summed E-state index contributed by atoms with van der Waals surface area (Å²) in [7, 11) is 0. The van der Waals surface area contributed by atoms with Gasteiger partial charge in [-0.25, -0.2) is 9.59 Å². The molecule has 1 aromatic heterocycles. The van der Waals surface area contributed by atoms with Gasteiger partial charge in [-0.15, -0.1) is 0 Å². The molecule has 2 rings (SSSR count). The molecule has 0 unspecified atom stereocenters. The number of carbonyl (C=O) groups excluding carboxylic acids is 3. The molecule has 132 valence electrons. The second-order valence-electron chi connectivity index (χ2n) is 5.13. The lowest BCUT2D eigenvalue weighted by Crippen LogP contribution is -2.25. The molecule has 0 aliphatic carbocycles. The van der Waals surface area contributed by atoms with Crippen molar-refractivity contribution in [2.75, 3.05) is 13.2 Å². The summed E-state index contributed by atoms with van der Waals surface area (Å²) >= 11 is 5.25. The van der Waals surface area contributed by atoms with Gasteiger partial charge in [0.15, 0.2) is 4.77 Å². The van der Waals surface area contributed by atoms with Gasteiger partial charge >= 0.3 is 11.9 Å². The molecule has 0 bridgehead atoms. The van der Waals surface area contributed by atoms with Gasteiger partial charge in [-0.2, -0.15) is 0 Å². The highest BCUT2D eigenvalue weighted by Gasteiger charge is 2.28. The van der Waals surface area contributed by atoms with Crippen LogP contribution in [0.25, 0.3) is 17.2 Å². The molecule has 0 spiro atoms. The number of nitrogens with zero attached hydrogens (tertiary/aromatic N) is 1. The van der Waals surface area contributed by atoms with Crippen LogP contribution in [0.1, 0.15) is 19.4 Å². The molecule has 7 nitrogen and oxygen atoms in total. The fourth-order valence-electron chi connectivity index (χ4n) is 2.22. The predicted octanol–water partition coefficient (Wildman–Crippen LogP) is 2.54. The topological polar surface area (TPSA) is 90.4 Å². The van der Waals surface area contributed by atoms with E-state index in [1.54, 1.807) is 19.9 Å². The Kier molecular flexibility index (Phi) is 5.87. The minimum atomic E-state index is -1.12. The van der Waals surface area contributed by atoms with Gasteiger partial charge in [0.1, 0.15) is 5.57 Å². The van der Waals surface area contributed by atoms with Gasteiger partial charge in [-0.1, -0.05) is 6.07 Å². The normalized spacial score (nSPS) is 11.4. The Hall–Kier alpha value is -2.74. The summed E-state index contributed by atoms with van der Waals surface area (Å²) in [4.78, 5) is 39.2. The fraction of sp³-hybridized carbons (Fsp3) is 0.294. The number of imidazole rings is 1. The first-order chi connectivity index (χ1) is 11.9. The molecule has 1 N–H and O–H groups in total. The first-order valence-electron chi connectivity index (χ1n) is 7.70. The maximum Gasteiger partial charge on any atom is 0.380 e. The number of rotatable bonds is 6. The van der Waals surface area contributed by atoms with Gasteiger partial charge < -0.3 is 14.5 Å². The van der Waals surface area contributed by atoms with Crippen LogP contribution in [-0.4, -0.2) is 40.5 Å². The molecule has 8 heteroatoms. The number of fused-ring (bicyclic) bond motifs is 1. The lowest BCUT2D eigenvalue weighted by Gasteiger charge is -2.07. The number of esters is 2. The lowest BCUT2D eigenvalue weighted by atomic mass is 10.2. The van der Waals surface area contributed by atoms with E-state index in [1.807, 2.05) is 19.1 Å². The Balaban J connectivity index is 2.59. The standard InChI is InChI=1S/C17H18N2O5S/c1-4-23-15(21)11(14(20)16(22)24-5-2)9-19-13-7-6-10(3)8-12(13)18-17(19)25/h6-9H,4-5H2,1-3H3,(H,18,25)/b11-9-. The summed E-state index contributed by atoms with van der Waals surface area (Å²) < 4.78 is 11.3. The molecule has 25 heavy (non-hydrogen) atoms. The van der Waals surface area contributed by atoms with Crippen molar-refractivity contribution in [3.05, 3.63) is 34.1 Å². The third-order valence-corrected chi connectivity index (χ3v) is 3.63. The number of ether oxygens (including phenoxy) is 2. The van der Waals surface area contributed by atoms with Gasteiger partial charge in [-0.05, 0) is 50.7 Å². The number of nitrogens with one attached hydrogen (secondary N) is 1. The molecule has 0 aliphatic heterocycles. The van der Waals surface area contributed by atoms with E-state index in [-0.39, 0.29) is 18.0 Å². The van der Waals surface area contributed by atoms with Gasteiger partial charge in [-0.3, -0.25) is 9.36 Å². The number of aryl methyl sites for hydroxylation is 1. The predicted molar refractivity (Wildman–Crippen MR) is 94.4 cm³/mol. The Morgan fingerprint density at radius 1 is 1.16 bits per heavy atom. The van der Waals surface area contributed by atoms with Crippen LogP contribution in [-0.2, 0) is 23.9 Å². The van der Waals surface area contributed by atoms with E-state index in [0.29, 0.717) is 5.52 Å². The molecule has 0 radical (unpaired) electrons. The number of ketones is 1. The van der Waals surface area contributed by atoms with E-state index in [2.05, 4.69) is 9.72 Å². The van der Waals surface area contributed by atoms with Crippen LogP contribution in [0.15, 0.2) is 23.8 Å². The number of Topliss-reactive ketones (excluding diaryl/α,β-unsaturated/α-hetero) is 1. The Morgan fingerprint density at radius 2 is 1.80 bits per heavy atom. The van der Waals surface area contributed by atoms with E-state index in [9.17, 15) is 14.4 Å². The smallest absolute Gasteiger partial charge is 0.380 e. The van der Waals surface area contributed by atoms with Gasteiger partial charge in [0.05, 0.1) is 24.2 Å². The maximum atomic E-state index is 12.3. The molecule has 0 saturated heterocycles. The van der Waals surface area contributed by atoms with Crippen molar-refractivity contribution in [1.29, 1.82) is 0 Å². The monoisotopic (exact) mass is 362 g/mol. The van der Waals surface area contributed by atoms with Crippen molar-refractivity contribution >= 4 is 47.2 Å². The van der Waals surface area contributed by atoms with E-state index >= 15 is 0 Å². The first kappa shape index (κ1) is 18.6. The number of aromatic amines is 1. The molecular weight excluding hydrogens is 344 g/mol. The van der Waals surface area contributed by atoms with Crippen LogP contribution < -0.4 is 0 Å². The van der Waals surface area contributed by atoms with Crippen molar-refractivity contribution in [3.63, 3.8) is 0 Å². The van der Waals surface area contributed by atoms with E-state index < -0.39 is 23.3 Å². The highest BCUT2D eigenvalue weighted by Crippen LogP contribution is 2.18. The van der Waals surface area contributed by atoms with Gasteiger partial charge in [0, 0.05) is 6.20 Å². The fourth-order valence-corrected chi connectivity index (χ4v) is 2.48. The van der Waals surface area contributed by atoms with Crippen molar-refractivity contribution in [3.8, 4) is 0 Å². The molecule has 0 fully saturated rings. The lowest BCUT2D eigenvalue weighted by molar-refractivity contribution is -0.153. The molecule has 1 aromatic carbocycles. The van der Waals surface area contributed by atoms with Crippen molar-refractivity contribution in [2.24, 2.45) is 0 Å². The number of hydrogen-bond acceptors (Lipinski definition) is 6. The third kappa shape index (κ3) is 4.03. The minimum Gasteiger partial charge on any atom is -0.462 e. The second-order valence-corrected chi connectivity index (χ2v) is 5.52. The Bertz CT molecular complexity index is 923. The maximum absolute atomic E-state index is 12.3. The van der Waals surface area contributed by atoms with Crippen molar-refractivity contribution in [2.45, 2.75) is 20.8 Å². The molecule has 0 aliphatic rings. The van der Waals surface area contributed by atoms with E-state index in [0.717, 1.165) is 11.1 Å². The molecular formula is C17H18N2O5S. The Morgan fingerprint density at radius 3 is 2.44 bits per heavy atom. The third-order valence-electron chi connectivity index (χ3n) is 3.33. The van der Waals surface area contributed by atoms with Gasteiger partial charge in [0.25, 0.3) is 5.78 Å². The number of H-pyrrole nitrogens is 1. The minimum absolute atomic E-state index is 0.0203. The largest absolute Gasteiger partial charge is 0.462 e.